The molecule has 1 aliphatic carbocycles. The first-order chi connectivity index (χ1) is 10.2. The summed E-state index contributed by atoms with van der Waals surface area (Å²) in [4.78, 5) is 7.20. The molecule has 1 heterocycles. The normalized spacial score (nSPS) is 24.1. The number of aliphatic imine (C=N–C) groups is 1. The predicted octanol–water partition coefficient (Wildman–Crippen LogP) is 2.33. The Morgan fingerprint density at radius 3 is 2.81 bits per heavy atom. The zero-order valence-corrected chi connectivity index (χ0v) is 14.4. The standard InChI is InChI=1S/C16H31N3OS/c1-3-17-15(18-11-14(2)12-20)19-9-10-21-16(13-19)7-5-4-6-8-16/h14,20H,3-13H2,1-2H3,(H,17,18). The maximum atomic E-state index is 9.18. The van der Waals surface area contributed by atoms with Gasteiger partial charge in [-0.2, -0.15) is 11.8 Å². The molecule has 1 unspecified atom stereocenters. The Balaban J connectivity index is 2.01. The molecule has 2 aliphatic rings. The van der Waals surface area contributed by atoms with Crippen LogP contribution in [-0.4, -0.2) is 59.3 Å². The molecule has 1 atom stereocenters. The van der Waals surface area contributed by atoms with Gasteiger partial charge in [0.1, 0.15) is 0 Å². The maximum absolute atomic E-state index is 9.18. The number of nitrogens with zero attached hydrogens (tertiary/aromatic N) is 2. The first-order valence-electron chi connectivity index (χ1n) is 8.47. The lowest BCUT2D eigenvalue weighted by Crippen LogP contribution is -2.53. The van der Waals surface area contributed by atoms with Crippen LogP contribution in [0.3, 0.4) is 0 Å². The number of rotatable bonds is 4. The van der Waals surface area contributed by atoms with E-state index in [2.05, 4.69) is 28.9 Å². The molecule has 21 heavy (non-hydrogen) atoms. The molecular weight excluding hydrogens is 282 g/mol. The summed E-state index contributed by atoms with van der Waals surface area (Å²) in [6.45, 7) is 8.21. The van der Waals surface area contributed by atoms with E-state index in [1.807, 2.05) is 6.92 Å². The molecule has 1 saturated carbocycles. The van der Waals surface area contributed by atoms with E-state index < -0.39 is 0 Å². The van der Waals surface area contributed by atoms with Crippen molar-refractivity contribution >= 4 is 17.7 Å². The lowest BCUT2D eigenvalue weighted by Gasteiger charge is -2.45. The summed E-state index contributed by atoms with van der Waals surface area (Å²) in [6, 6.07) is 0. The van der Waals surface area contributed by atoms with Crippen LogP contribution in [0, 0.1) is 5.92 Å². The van der Waals surface area contributed by atoms with E-state index in [-0.39, 0.29) is 12.5 Å². The van der Waals surface area contributed by atoms with E-state index in [0.717, 1.165) is 25.6 Å². The highest BCUT2D eigenvalue weighted by Crippen LogP contribution is 2.42. The molecule has 0 amide bonds. The van der Waals surface area contributed by atoms with Crippen LogP contribution in [0.4, 0.5) is 0 Å². The Kier molecular flexibility index (Phi) is 6.68. The molecule has 1 saturated heterocycles. The molecule has 1 spiro atoms. The third-order valence-corrected chi connectivity index (χ3v) is 6.05. The van der Waals surface area contributed by atoms with Crippen LogP contribution >= 0.6 is 11.8 Å². The van der Waals surface area contributed by atoms with Crippen LogP contribution in [0.15, 0.2) is 4.99 Å². The fourth-order valence-electron chi connectivity index (χ4n) is 3.25. The number of nitrogens with one attached hydrogen (secondary N) is 1. The fraction of sp³-hybridized carbons (Fsp3) is 0.938. The van der Waals surface area contributed by atoms with Crippen molar-refractivity contribution in [2.75, 3.05) is 38.5 Å². The van der Waals surface area contributed by atoms with Gasteiger partial charge in [-0.15, -0.1) is 0 Å². The van der Waals surface area contributed by atoms with Gasteiger partial charge in [-0.1, -0.05) is 26.2 Å². The van der Waals surface area contributed by atoms with Crippen molar-refractivity contribution in [1.29, 1.82) is 0 Å². The molecule has 1 aliphatic heterocycles. The number of hydrogen-bond acceptors (Lipinski definition) is 3. The van der Waals surface area contributed by atoms with Crippen molar-refractivity contribution in [3.63, 3.8) is 0 Å². The largest absolute Gasteiger partial charge is 0.396 e. The molecular formula is C16H31N3OS. The molecule has 0 bridgehead atoms. The van der Waals surface area contributed by atoms with Gasteiger partial charge in [0, 0.05) is 43.3 Å². The molecule has 2 rings (SSSR count). The molecule has 5 heteroatoms. The van der Waals surface area contributed by atoms with Gasteiger partial charge < -0.3 is 15.3 Å². The van der Waals surface area contributed by atoms with Gasteiger partial charge in [0.15, 0.2) is 5.96 Å². The first-order valence-corrected chi connectivity index (χ1v) is 9.46. The minimum absolute atomic E-state index is 0.211. The number of hydrogen-bond donors (Lipinski definition) is 2. The van der Waals surface area contributed by atoms with Crippen molar-refractivity contribution in [1.82, 2.24) is 10.2 Å². The van der Waals surface area contributed by atoms with Crippen molar-refractivity contribution in [3.05, 3.63) is 0 Å². The Hall–Kier alpha value is -0.420. The monoisotopic (exact) mass is 313 g/mol. The van der Waals surface area contributed by atoms with Crippen LogP contribution in [0.1, 0.15) is 46.0 Å². The van der Waals surface area contributed by atoms with Crippen LogP contribution in [-0.2, 0) is 0 Å². The van der Waals surface area contributed by atoms with Crippen LogP contribution in [0.25, 0.3) is 0 Å². The average Bonchev–Trinajstić information content (AvgIpc) is 2.52. The number of guanidine groups is 1. The van der Waals surface area contributed by atoms with Gasteiger partial charge in [0.25, 0.3) is 0 Å². The van der Waals surface area contributed by atoms with Crippen LogP contribution in [0.5, 0.6) is 0 Å². The van der Waals surface area contributed by atoms with Crippen molar-refractivity contribution < 1.29 is 5.11 Å². The molecule has 0 aromatic carbocycles. The summed E-state index contributed by atoms with van der Waals surface area (Å²) in [7, 11) is 0. The summed E-state index contributed by atoms with van der Waals surface area (Å²) < 4.78 is 0.468. The Bertz CT molecular complexity index is 337. The van der Waals surface area contributed by atoms with Gasteiger partial charge >= 0.3 is 0 Å². The van der Waals surface area contributed by atoms with Gasteiger partial charge in [-0.25, -0.2) is 0 Å². The minimum atomic E-state index is 0.211. The van der Waals surface area contributed by atoms with Crippen LogP contribution < -0.4 is 5.32 Å². The highest BCUT2D eigenvalue weighted by atomic mass is 32.2. The lowest BCUT2D eigenvalue weighted by molar-refractivity contribution is 0.240. The minimum Gasteiger partial charge on any atom is -0.396 e. The number of thioether (sulfide) groups is 1. The second-order valence-corrected chi connectivity index (χ2v) is 8.06. The van der Waals surface area contributed by atoms with E-state index in [4.69, 9.17) is 4.99 Å². The molecule has 0 aromatic rings. The van der Waals surface area contributed by atoms with E-state index >= 15 is 0 Å². The zero-order chi connectivity index (χ0) is 15.1. The summed E-state index contributed by atoms with van der Waals surface area (Å²) >= 11 is 2.19. The molecule has 2 N–H and O–H groups in total. The SMILES string of the molecule is CCNC(=NCC(C)CO)N1CCSC2(CCCCC2)C1. The summed E-state index contributed by atoms with van der Waals surface area (Å²) in [5, 5.41) is 12.6. The highest BCUT2D eigenvalue weighted by Gasteiger charge is 2.38. The molecule has 4 nitrogen and oxygen atoms in total. The summed E-state index contributed by atoms with van der Waals surface area (Å²) in [6.07, 6.45) is 6.90. The molecule has 2 fully saturated rings. The number of aliphatic hydroxyl groups excluding tert-OH is 1. The average molecular weight is 314 g/mol. The number of aliphatic hydroxyl groups is 1. The van der Waals surface area contributed by atoms with Gasteiger partial charge in [-0.05, 0) is 25.7 Å². The van der Waals surface area contributed by atoms with Gasteiger partial charge in [-0.3, -0.25) is 4.99 Å². The smallest absolute Gasteiger partial charge is 0.193 e. The third-order valence-electron chi connectivity index (χ3n) is 4.51. The quantitative estimate of drug-likeness (QED) is 0.618. The first kappa shape index (κ1) is 16.9. The van der Waals surface area contributed by atoms with E-state index in [0.29, 0.717) is 11.3 Å². The second-order valence-electron chi connectivity index (χ2n) is 6.50. The molecule has 122 valence electrons. The highest BCUT2D eigenvalue weighted by molar-refractivity contribution is 8.00. The Morgan fingerprint density at radius 1 is 1.38 bits per heavy atom. The Labute approximate surface area is 133 Å². The second kappa shape index (κ2) is 8.28. The molecule has 0 radical (unpaired) electrons. The summed E-state index contributed by atoms with van der Waals surface area (Å²) in [5.41, 5.74) is 0. The van der Waals surface area contributed by atoms with Crippen molar-refractivity contribution in [3.8, 4) is 0 Å². The Morgan fingerprint density at radius 2 is 2.14 bits per heavy atom. The van der Waals surface area contributed by atoms with Crippen molar-refractivity contribution in [2.45, 2.75) is 50.7 Å². The predicted molar refractivity (Wildman–Crippen MR) is 92.1 cm³/mol. The third kappa shape index (κ3) is 4.78. The maximum Gasteiger partial charge on any atom is 0.193 e. The summed E-state index contributed by atoms with van der Waals surface area (Å²) in [5.74, 6) is 2.49. The zero-order valence-electron chi connectivity index (χ0n) is 13.6. The topological polar surface area (TPSA) is 47.9 Å². The van der Waals surface area contributed by atoms with Gasteiger partial charge in [0.2, 0.25) is 0 Å². The van der Waals surface area contributed by atoms with E-state index in [9.17, 15) is 5.11 Å². The fourth-order valence-corrected chi connectivity index (χ4v) is 4.82. The van der Waals surface area contributed by atoms with Crippen LogP contribution in [0.2, 0.25) is 0 Å². The van der Waals surface area contributed by atoms with Crippen molar-refractivity contribution in [2.24, 2.45) is 10.9 Å². The van der Waals surface area contributed by atoms with E-state index in [1.54, 1.807) is 0 Å². The van der Waals surface area contributed by atoms with Gasteiger partial charge in [0.05, 0.1) is 0 Å². The lowest BCUT2D eigenvalue weighted by atomic mass is 9.87. The molecule has 0 aromatic heterocycles. The van der Waals surface area contributed by atoms with E-state index in [1.165, 1.54) is 37.9 Å².